The van der Waals surface area contributed by atoms with Crippen molar-refractivity contribution in [3.8, 4) is 5.75 Å². The predicted octanol–water partition coefficient (Wildman–Crippen LogP) is 6.17. The van der Waals surface area contributed by atoms with E-state index in [0.29, 0.717) is 28.0 Å². The van der Waals surface area contributed by atoms with Gasteiger partial charge >= 0.3 is 11.9 Å². The van der Waals surface area contributed by atoms with Gasteiger partial charge in [-0.05, 0) is 62.4 Å². The largest absolute Gasteiger partial charge is 0.506 e. The quantitative estimate of drug-likeness (QED) is 0.316. The van der Waals surface area contributed by atoms with E-state index in [1.807, 2.05) is 25.1 Å². The molecule has 2 aromatic carbocycles. The predicted molar refractivity (Wildman–Crippen MR) is 148 cm³/mol. The number of hydrogen-bond donors (Lipinski definition) is 1. The molecule has 0 saturated heterocycles. The summed E-state index contributed by atoms with van der Waals surface area (Å²) in [4.78, 5) is 29.8. The van der Waals surface area contributed by atoms with E-state index >= 15 is 0 Å². The fourth-order valence-corrected chi connectivity index (χ4v) is 5.17. The van der Waals surface area contributed by atoms with E-state index in [2.05, 4.69) is 20.9 Å². The van der Waals surface area contributed by atoms with E-state index in [4.69, 9.17) is 14.2 Å². The second kappa shape index (κ2) is 11.7. The van der Waals surface area contributed by atoms with Crippen LogP contribution >= 0.6 is 27.7 Å². The Hall–Kier alpha value is -3.50. The lowest BCUT2D eigenvalue weighted by Crippen LogP contribution is -2.12. The van der Waals surface area contributed by atoms with Crippen LogP contribution in [-0.2, 0) is 25.6 Å². The Morgan fingerprint density at radius 1 is 1.14 bits per heavy atom. The van der Waals surface area contributed by atoms with Crippen LogP contribution in [0.15, 0.2) is 74.4 Å². The fraction of sp³-hybridized carbons (Fsp3) is 0.222. The topological polar surface area (TPSA) is 99.4 Å². The van der Waals surface area contributed by atoms with Crippen LogP contribution in [0.5, 0.6) is 5.75 Å². The van der Waals surface area contributed by atoms with E-state index < -0.39 is 5.97 Å². The molecule has 1 aliphatic rings. The van der Waals surface area contributed by atoms with Crippen molar-refractivity contribution in [1.82, 2.24) is 4.57 Å². The summed E-state index contributed by atoms with van der Waals surface area (Å²) >= 11 is 4.67. The summed E-state index contributed by atoms with van der Waals surface area (Å²) in [7, 11) is 1.34. The average Bonchev–Trinajstić information content (AvgIpc) is 3.36. The lowest BCUT2D eigenvalue weighted by atomic mass is 10.1. The number of carbonyl (C=O) groups is 2. The molecular formula is C27H25BrN2O6S. The van der Waals surface area contributed by atoms with Crippen molar-refractivity contribution in [2.45, 2.75) is 20.4 Å². The first-order chi connectivity index (χ1) is 17.8. The number of carbonyl (C=O) groups excluding carboxylic acids is 2. The number of benzene rings is 2. The van der Waals surface area contributed by atoms with Crippen LogP contribution < -0.4 is 4.74 Å². The highest BCUT2D eigenvalue weighted by molar-refractivity contribution is 9.10. The Labute approximate surface area is 226 Å². The molecule has 0 radical (unpaired) electrons. The minimum absolute atomic E-state index is 0.00599. The van der Waals surface area contributed by atoms with Crippen molar-refractivity contribution in [3.63, 3.8) is 0 Å². The molecule has 1 N–H and O–H groups in total. The average molecular weight is 585 g/mol. The summed E-state index contributed by atoms with van der Waals surface area (Å²) < 4.78 is 18.1. The Morgan fingerprint density at radius 3 is 2.57 bits per heavy atom. The van der Waals surface area contributed by atoms with Gasteiger partial charge in [-0.1, -0.05) is 27.7 Å². The van der Waals surface area contributed by atoms with Gasteiger partial charge < -0.3 is 23.9 Å². The monoisotopic (exact) mass is 584 g/mol. The van der Waals surface area contributed by atoms with Crippen LogP contribution in [-0.4, -0.2) is 47.0 Å². The number of halogens is 1. The third kappa shape index (κ3) is 5.91. The van der Waals surface area contributed by atoms with Crippen molar-refractivity contribution in [2.24, 2.45) is 4.99 Å². The van der Waals surface area contributed by atoms with Gasteiger partial charge in [-0.2, -0.15) is 0 Å². The van der Waals surface area contributed by atoms with Crippen LogP contribution in [0.1, 0.15) is 19.4 Å². The molecule has 1 aromatic heterocycles. The fourth-order valence-electron chi connectivity index (χ4n) is 3.78. The number of aliphatic hydroxyl groups excluding tert-OH is 1. The van der Waals surface area contributed by atoms with Gasteiger partial charge in [0, 0.05) is 27.1 Å². The Bertz CT molecular complexity index is 1440. The Kier molecular flexibility index (Phi) is 8.40. The van der Waals surface area contributed by atoms with Crippen molar-refractivity contribution in [3.05, 3.63) is 74.9 Å². The Morgan fingerprint density at radius 2 is 1.89 bits per heavy atom. The van der Waals surface area contributed by atoms with Crippen molar-refractivity contribution < 1.29 is 28.9 Å². The van der Waals surface area contributed by atoms with Gasteiger partial charge in [0.2, 0.25) is 0 Å². The zero-order valence-electron chi connectivity index (χ0n) is 20.5. The summed E-state index contributed by atoms with van der Waals surface area (Å²) in [6.45, 7) is 4.34. The highest BCUT2D eigenvalue weighted by Gasteiger charge is 2.33. The Balaban J connectivity index is 1.78. The zero-order valence-corrected chi connectivity index (χ0v) is 22.9. The number of hydrogen-bond acceptors (Lipinski definition) is 8. The summed E-state index contributed by atoms with van der Waals surface area (Å²) in [6.07, 6.45) is 3.57. The number of aliphatic hydroxyl groups is 1. The number of aliphatic imine (C=N–C) groups is 1. The first kappa shape index (κ1) is 26.6. The van der Waals surface area contributed by atoms with Crippen LogP contribution in [0.4, 0.5) is 5.69 Å². The molecule has 192 valence electrons. The number of rotatable bonds is 8. The summed E-state index contributed by atoms with van der Waals surface area (Å²) in [6, 6.07) is 12.8. The number of ether oxygens (including phenoxy) is 3. The van der Waals surface area contributed by atoms with Gasteiger partial charge in [-0.15, -0.1) is 0 Å². The molecular weight excluding hydrogens is 560 g/mol. The second-order valence-electron chi connectivity index (χ2n) is 7.85. The minimum Gasteiger partial charge on any atom is -0.506 e. The summed E-state index contributed by atoms with van der Waals surface area (Å²) in [5.74, 6) is -0.538. The van der Waals surface area contributed by atoms with Crippen molar-refractivity contribution in [2.75, 3.05) is 20.3 Å². The molecule has 0 unspecified atom stereocenters. The van der Waals surface area contributed by atoms with E-state index in [9.17, 15) is 14.7 Å². The molecule has 2 heterocycles. The van der Waals surface area contributed by atoms with Crippen molar-refractivity contribution in [1.29, 1.82) is 0 Å². The van der Waals surface area contributed by atoms with Crippen molar-refractivity contribution >= 4 is 67.3 Å². The van der Waals surface area contributed by atoms with Crippen LogP contribution in [0.2, 0.25) is 0 Å². The molecule has 10 heteroatoms. The molecule has 1 aliphatic heterocycles. The molecule has 0 aliphatic carbocycles. The van der Waals surface area contributed by atoms with Crippen LogP contribution in [0, 0.1) is 0 Å². The normalized spacial score (nSPS) is 15.6. The third-order valence-electron chi connectivity index (χ3n) is 5.44. The molecule has 0 atom stereocenters. The number of nitrogens with zero attached hydrogens (tertiary/aromatic N) is 2. The first-order valence-corrected chi connectivity index (χ1v) is 13.1. The maximum absolute atomic E-state index is 12.8. The maximum atomic E-state index is 12.8. The van der Waals surface area contributed by atoms with E-state index in [-0.39, 0.29) is 30.5 Å². The molecule has 4 rings (SSSR count). The standard InChI is InChI=1S/C27H25BrN2O6S/c1-4-35-19-9-7-18(8-10-19)29-26-24(27(33)36-5-2)25(32)22(37-26)12-16-14-30(15-23(31)34-3)21-11-6-17(28)13-20(16)21/h6-14,32H,4-5,15H2,1-3H3/b22-12-,29-26?. The molecule has 3 aromatic rings. The maximum Gasteiger partial charge on any atom is 0.344 e. The molecule has 37 heavy (non-hydrogen) atoms. The van der Waals surface area contributed by atoms with Gasteiger partial charge in [0.25, 0.3) is 0 Å². The van der Waals surface area contributed by atoms with E-state index in [0.717, 1.165) is 20.9 Å². The van der Waals surface area contributed by atoms with Gasteiger partial charge in [-0.3, -0.25) is 4.79 Å². The minimum atomic E-state index is -0.656. The molecule has 0 fully saturated rings. The SMILES string of the molecule is CCOC(=O)C1=C(O)/C(=C/c2cn(CC(=O)OC)c3ccc(Br)cc23)SC1=Nc1ccc(OCC)cc1. The summed E-state index contributed by atoms with van der Waals surface area (Å²) in [5.41, 5.74) is 2.17. The van der Waals surface area contributed by atoms with Gasteiger partial charge in [0.1, 0.15) is 28.7 Å². The molecule has 0 bridgehead atoms. The second-order valence-corrected chi connectivity index (χ2v) is 9.79. The van der Waals surface area contributed by atoms with Crippen LogP contribution in [0.3, 0.4) is 0 Å². The smallest absolute Gasteiger partial charge is 0.344 e. The van der Waals surface area contributed by atoms with Gasteiger partial charge in [0.15, 0.2) is 0 Å². The molecule has 0 amide bonds. The molecule has 8 nitrogen and oxygen atoms in total. The summed E-state index contributed by atoms with van der Waals surface area (Å²) in [5, 5.41) is 12.3. The number of fused-ring (bicyclic) bond motifs is 1. The lowest BCUT2D eigenvalue weighted by Gasteiger charge is -2.05. The zero-order chi connectivity index (χ0) is 26.5. The molecule has 0 spiro atoms. The highest BCUT2D eigenvalue weighted by Crippen LogP contribution is 2.41. The van der Waals surface area contributed by atoms with Gasteiger partial charge in [-0.25, -0.2) is 9.79 Å². The van der Waals surface area contributed by atoms with E-state index in [1.165, 1.54) is 18.9 Å². The first-order valence-electron chi connectivity index (χ1n) is 11.5. The van der Waals surface area contributed by atoms with Crippen LogP contribution in [0.25, 0.3) is 17.0 Å². The highest BCUT2D eigenvalue weighted by atomic mass is 79.9. The molecule has 0 saturated carbocycles. The third-order valence-corrected chi connectivity index (χ3v) is 6.95. The number of esters is 2. The van der Waals surface area contributed by atoms with Gasteiger partial charge in [0.05, 0.1) is 30.9 Å². The number of aromatic nitrogens is 1. The van der Waals surface area contributed by atoms with E-state index in [1.54, 1.807) is 48.0 Å². The lowest BCUT2D eigenvalue weighted by molar-refractivity contribution is -0.141. The number of methoxy groups -OCH3 is 1. The number of thioether (sulfide) groups is 1.